The molecule has 1 aromatic carbocycles. The number of carbonyl (C=O) groups excluding carboxylic acids is 2. The van der Waals surface area contributed by atoms with E-state index in [-0.39, 0.29) is 31.0 Å². The number of benzene rings is 1. The van der Waals surface area contributed by atoms with Gasteiger partial charge in [0.25, 0.3) is 0 Å². The molecule has 132 valence electrons. The van der Waals surface area contributed by atoms with Crippen LogP contribution in [0.5, 0.6) is 0 Å². The topological polar surface area (TPSA) is 81.7 Å². The number of hydrogen-bond donors (Lipinski definition) is 3. The van der Waals surface area contributed by atoms with Crippen LogP contribution in [0.1, 0.15) is 29.5 Å². The van der Waals surface area contributed by atoms with Crippen molar-refractivity contribution >= 4 is 17.5 Å². The maximum Gasteiger partial charge on any atom is 0.243 e. The van der Waals surface area contributed by atoms with E-state index in [4.69, 9.17) is 0 Å². The van der Waals surface area contributed by atoms with Gasteiger partial charge in [-0.25, -0.2) is 0 Å². The second kappa shape index (κ2) is 8.26. The van der Waals surface area contributed by atoms with Crippen LogP contribution in [0.25, 0.3) is 0 Å². The number of carbonyl (C=O) groups is 2. The van der Waals surface area contributed by atoms with E-state index in [1.54, 1.807) is 0 Å². The Morgan fingerprint density at radius 3 is 2.50 bits per heavy atom. The predicted octanol–water partition coefficient (Wildman–Crippen LogP) is 1.12. The van der Waals surface area contributed by atoms with Gasteiger partial charge < -0.3 is 15.7 Å². The molecule has 6 nitrogen and oxygen atoms in total. The van der Waals surface area contributed by atoms with E-state index in [1.807, 2.05) is 37.8 Å². The lowest BCUT2D eigenvalue weighted by Crippen LogP contribution is -2.45. The molecular formula is C18H27N3O3. The number of aliphatic hydroxyl groups excluding tert-OH is 1. The third-order valence-electron chi connectivity index (χ3n) is 4.24. The second-order valence-electron chi connectivity index (χ2n) is 6.63. The van der Waals surface area contributed by atoms with Crippen molar-refractivity contribution in [2.75, 3.05) is 31.5 Å². The summed E-state index contributed by atoms with van der Waals surface area (Å²) in [5.41, 5.74) is 3.97. The van der Waals surface area contributed by atoms with E-state index >= 15 is 0 Å². The first-order chi connectivity index (χ1) is 11.3. The van der Waals surface area contributed by atoms with Crippen molar-refractivity contribution in [3.63, 3.8) is 0 Å². The van der Waals surface area contributed by atoms with Crippen molar-refractivity contribution in [3.05, 3.63) is 28.8 Å². The number of likely N-dealkylation sites (tertiary alicyclic amines) is 1. The molecule has 0 radical (unpaired) electrons. The monoisotopic (exact) mass is 333 g/mol. The summed E-state index contributed by atoms with van der Waals surface area (Å²) in [5, 5.41) is 15.1. The highest BCUT2D eigenvalue weighted by Gasteiger charge is 2.19. The lowest BCUT2D eigenvalue weighted by atomic mass is 10.1. The van der Waals surface area contributed by atoms with Crippen LogP contribution in [0.2, 0.25) is 0 Å². The van der Waals surface area contributed by atoms with E-state index < -0.39 is 0 Å². The Labute approximate surface area is 143 Å². The van der Waals surface area contributed by atoms with E-state index in [2.05, 4.69) is 10.6 Å². The molecular weight excluding hydrogens is 306 g/mol. The molecule has 0 spiro atoms. The molecule has 2 amide bonds. The van der Waals surface area contributed by atoms with Gasteiger partial charge in [-0.2, -0.15) is 0 Å². The molecule has 3 N–H and O–H groups in total. The molecule has 0 aliphatic carbocycles. The summed E-state index contributed by atoms with van der Waals surface area (Å²) in [6.07, 6.45) is 1.32. The summed E-state index contributed by atoms with van der Waals surface area (Å²) in [5.74, 6) is -0.436. The van der Waals surface area contributed by atoms with Crippen molar-refractivity contribution in [2.45, 2.75) is 39.7 Å². The number of rotatable bonds is 5. The SMILES string of the molecule is Cc1cc(C)c(NC(=O)CNC(=O)CN2CCC[C@@H](O)C2)c(C)c1. The lowest BCUT2D eigenvalue weighted by Gasteiger charge is -2.29. The average molecular weight is 333 g/mol. The maximum atomic E-state index is 12.1. The molecule has 6 heteroatoms. The molecule has 1 atom stereocenters. The molecule has 2 rings (SSSR count). The van der Waals surface area contributed by atoms with Gasteiger partial charge in [0.05, 0.1) is 19.2 Å². The van der Waals surface area contributed by atoms with Crippen LogP contribution in [0, 0.1) is 20.8 Å². The van der Waals surface area contributed by atoms with Gasteiger partial charge in [-0.1, -0.05) is 17.7 Å². The zero-order valence-corrected chi connectivity index (χ0v) is 14.7. The lowest BCUT2D eigenvalue weighted by molar-refractivity contribution is -0.125. The van der Waals surface area contributed by atoms with Crippen LogP contribution in [0.3, 0.4) is 0 Å². The fourth-order valence-corrected chi connectivity index (χ4v) is 3.17. The Kier molecular flexibility index (Phi) is 6.34. The Morgan fingerprint density at radius 1 is 1.21 bits per heavy atom. The fraction of sp³-hybridized carbons (Fsp3) is 0.556. The summed E-state index contributed by atoms with van der Waals surface area (Å²) in [4.78, 5) is 25.9. The molecule has 1 fully saturated rings. The van der Waals surface area contributed by atoms with Gasteiger partial charge in [-0.15, -0.1) is 0 Å². The Bertz CT molecular complexity index is 593. The first-order valence-electron chi connectivity index (χ1n) is 8.40. The van der Waals surface area contributed by atoms with E-state index in [1.165, 1.54) is 0 Å². The number of aryl methyl sites for hydroxylation is 3. The van der Waals surface area contributed by atoms with Crippen LogP contribution in [-0.2, 0) is 9.59 Å². The summed E-state index contributed by atoms with van der Waals surface area (Å²) in [7, 11) is 0. The van der Waals surface area contributed by atoms with Gasteiger partial charge in [-0.05, 0) is 51.3 Å². The molecule has 1 aliphatic rings. The van der Waals surface area contributed by atoms with Gasteiger partial charge in [0.1, 0.15) is 0 Å². The quantitative estimate of drug-likeness (QED) is 0.754. The predicted molar refractivity (Wildman–Crippen MR) is 94.0 cm³/mol. The molecule has 1 aromatic rings. The van der Waals surface area contributed by atoms with Crippen molar-refractivity contribution in [3.8, 4) is 0 Å². The normalized spacial score (nSPS) is 18.2. The van der Waals surface area contributed by atoms with Crippen molar-refractivity contribution in [1.29, 1.82) is 0 Å². The molecule has 1 aliphatic heterocycles. The highest BCUT2D eigenvalue weighted by Crippen LogP contribution is 2.21. The highest BCUT2D eigenvalue weighted by molar-refractivity contribution is 5.96. The molecule has 1 saturated heterocycles. The maximum absolute atomic E-state index is 12.1. The van der Waals surface area contributed by atoms with Crippen molar-refractivity contribution in [1.82, 2.24) is 10.2 Å². The van der Waals surface area contributed by atoms with Crippen LogP contribution in [-0.4, -0.2) is 54.1 Å². The minimum absolute atomic E-state index is 0.0536. The highest BCUT2D eigenvalue weighted by atomic mass is 16.3. The van der Waals surface area contributed by atoms with Crippen LogP contribution in [0.4, 0.5) is 5.69 Å². The molecule has 0 unspecified atom stereocenters. The van der Waals surface area contributed by atoms with Gasteiger partial charge in [0, 0.05) is 12.2 Å². The van der Waals surface area contributed by atoms with Crippen LogP contribution >= 0.6 is 0 Å². The average Bonchev–Trinajstić information content (AvgIpc) is 2.49. The van der Waals surface area contributed by atoms with E-state index in [0.29, 0.717) is 6.54 Å². The first kappa shape index (κ1) is 18.4. The molecule has 0 aromatic heterocycles. The summed E-state index contributed by atoms with van der Waals surface area (Å²) < 4.78 is 0. The van der Waals surface area contributed by atoms with Crippen LogP contribution in [0.15, 0.2) is 12.1 Å². The smallest absolute Gasteiger partial charge is 0.243 e. The number of nitrogens with one attached hydrogen (secondary N) is 2. The minimum Gasteiger partial charge on any atom is -0.392 e. The fourth-order valence-electron chi connectivity index (χ4n) is 3.17. The first-order valence-corrected chi connectivity index (χ1v) is 8.40. The number of amides is 2. The molecule has 0 saturated carbocycles. The Morgan fingerprint density at radius 2 is 1.88 bits per heavy atom. The number of aliphatic hydroxyl groups is 1. The third kappa shape index (κ3) is 5.32. The second-order valence-corrected chi connectivity index (χ2v) is 6.63. The van der Waals surface area contributed by atoms with Gasteiger partial charge in [-0.3, -0.25) is 14.5 Å². The minimum atomic E-state index is -0.359. The van der Waals surface area contributed by atoms with Gasteiger partial charge in [0.2, 0.25) is 11.8 Å². The molecule has 0 bridgehead atoms. The molecule has 1 heterocycles. The largest absolute Gasteiger partial charge is 0.392 e. The van der Waals surface area contributed by atoms with E-state index in [9.17, 15) is 14.7 Å². The Balaban J connectivity index is 1.80. The number of β-amino-alcohol motifs (C(OH)–C–C–N with tert-alkyl or cyclic N) is 1. The van der Waals surface area contributed by atoms with Crippen molar-refractivity contribution < 1.29 is 14.7 Å². The zero-order valence-electron chi connectivity index (χ0n) is 14.7. The summed E-state index contributed by atoms with van der Waals surface area (Å²) in [6, 6.07) is 4.03. The van der Waals surface area contributed by atoms with Gasteiger partial charge in [0.15, 0.2) is 0 Å². The summed E-state index contributed by atoms with van der Waals surface area (Å²) in [6.45, 7) is 7.41. The number of anilines is 1. The van der Waals surface area contributed by atoms with E-state index in [0.717, 1.165) is 41.8 Å². The van der Waals surface area contributed by atoms with Crippen molar-refractivity contribution in [2.24, 2.45) is 0 Å². The Hall–Kier alpha value is -1.92. The number of piperidine rings is 1. The standard InChI is InChI=1S/C18H27N3O3/c1-12-7-13(2)18(14(3)8-12)20-16(23)9-19-17(24)11-21-6-4-5-15(22)10-21/h7-8,15,22H,4-6,9-11H2,1-3H3,(H,19,24)(H,20,23)/t15-/m1/s1. The summed E-state index contributed by atoms with van der Waals surface area (Å²) >= 11 is 0. The number of hydrogen-bond acceptors (Lipinski definition) is 4. The third-order valence-corrected chi connectivity index (χ3v) is 4.24. The van der Waals surface area contributed by atoms with Gasteiger partial charge >= 0.3 is 0 Å². The van der Waals surface area contributed by atoms with Crippen LogP contribution < -0.4 is 10.6 Å². The zero-order chi connectivity index (χ0) is 17.7. The number of nitrogens with zero attached hydrogens (tertiary/aromatic N) is 1. The molecule has 24 heavy (non-hydrogen) atoms.